The number of carbonyl (C=O) groups is 1. The van der Waals surface area contributed by atoms with Crippen molar-refractivity contribution in [3.05, 3.63) is 35.9 Å². The molecule has 6 nitrogen and oxygen atoms in total. The molecule has 144 valence electrons. The van der Waals surface area contributed by atoms with Crippen LogP contribution in [0.15, 0.2) is 30.3 Å². The first-order valence-electron chi connectivity index (χ1n) is 9.44. The zero-order valence-electron chi connectivity index (χ0n) is 15.4. The van der Waals surface area contributed by atoms with Crippen molar-refractivity contribution in [2.24, 2.45) is 11.8 Å². The van der Waals surface area contributed by atoms with E-state index >= 15 is 0 Å². The number of rotatable bonds is 6. The van der Waals surface area contributed by atoms with Crippen molar-refractivity contribution >= 4 is 15.9 Å². The molecular formula is C19H29N3O3S. The van der Waals surface area contributed by atoms with Crippen molar-refractivity contribution in [3.8, 4) is 0 Å². The van der Waals surface area contributed by atoms with E-state index in [1.807, 2.05) is 42.3 Å². The number of sulfonamides is 1. The van der Waals surface area contributed by atoms with Crippen LogP contribution in [0.25, 0.3) is 0 Å². The van der Waals surface area contributed by atoms with Crippen LogP contribution in [0.3, 0.4) is 0 Å². The Bertz CT molecular complexity index is 708. The molecule has 7 heteroatoms. The highest BCUT2D eigenvalue weighted by Crippen LogP contribution is 2.25. The lowest BCUT2D eigenvalue weighted by Crippen LogP contribution is -2.46. The van der Waals surface area contributed by atoms with Crippen molar-refractivity contribution in [2.45, 2.75) is 25.0 Å². The maximum atomic E-state index is 12.9. The van der Waals surface area contributed by atoms with Crippen LogP contribution in [0.1, 0.15) is 24.8 Å². The summed E-state index contributed by atoms with van der Waals surface area (Å²) in [4.78, 5) is 14.8. The molecule has 2 saturated heterocycles. The van der Waals surface area contributed by atoms with E-state index in [1.165, 1.54) is 4.31 Å². The summed E-state index contributed by atoms with van der Waals surface area (Å²) in [5, 5.41) is 3.17. The number of nitrogens with zero attached hydrogens (tertiary/aromatic N) is 2. The number of benzene rings is 1. The highest BCUT2D eigenvalue weighted by atomic mass is 32.2. The smallest absolute Gasteiger partial charge is 0.227 e. The standard InChI is InChI=1S/C19H29N3O3S/c1-20-12-17-9-11-21(13-17)19(23)18-8-5-10-22(14-18)26(24,25)15-16-6-3-2-4-7-16/h2-4,6-7,17-18,20H,5,8-15H2,1H3. The molecule has 2 unspecified atom stereocenters. The number of likely N-dealkylation sites (tertiary alicyclic amines) is 1. The van der Waals surface area contributed by atoms with E-state index in [2.05, 4.69) is 5.32 Å². The molecule has 0 bridgehead atoms. The third-order valence-corrected chi connectivity index (χ3v) is 7.23. The van der Waals surface area contributed by atoms with Gasteiger partial charge in [0.05, 0.1) is 11.7 Å². The van der Waals surface area contributed by atoms with Crippen molar-refractivity contribution in [1.29, 1.82) is 0 Å². The predicted octanol–water partition coefficient (Wildman–Crippen LogP) is 1.30. The minimum atomic E-state index is -3.39. The number of hydrogen-bond acceptors (Lipinski definition) is 4. The molecule has 0 saturated carbocycles. The molecule has 1 aromatic rings. The highest BCUT2D eigenvalue weighted by molar-refractivity contribution is 7.88. The van der Waals surface area contributed by atoms with Gasteiger partial charge in [-0.3, -0.25) is 4.79 Å². The van der Waals surface area contributed by atoms with Gasteiger partial charge in [0.25, 0.3) is 0 Å². The third kappa shape index (κ3) is 4.64. The molecule has 1 N–H and O–H groups in total. The number of piperidine rings is 1. The van der Waals surface area contributed by atoms with Crippen LogP contribution in [0, 0.1) is 11.8 Å². The van der Waals surface area contributed by atoms with E-state index in [-0.39, 0.29) is 17.6 Å². The van der Waals surface area contributed by atoms with E-state index in [0.717, 1.165) is 44.5 Å². The van der Waals surface area contributed by atoms with Crippen molar-refractivity contribution in [2.75, 3.05) is 39.8 Å². The highest BCUT2D eigenvalue weighted by Gasteiger charge is 2.36. The van der Waals surface area contributed by atoms with E-state index in [0.29, 0.717) is 19.0 Å². The lowest BCUT2D eigenvalue weighted by Gasteiger charge is -2.33. The van der Waals surface area contributed by atoms with Gasteiger partial charge in [-0.25, -0.2) is 12.7 Å². The summed E-state index contributed by atoms with van der Waals surface area (Å²) in [5.41, 5.74) is 0.787. The van der Waals surface area contributed by atoms with Gasteiger partial charge in [0.15, 0.2) is 0 Å². The summed E-state index contributed by atoms with van der Waals surface area (Å²) < 4.78 is 27.1. The Morgan fingerprint density at radius 2 is 1.92 bits per heavy atom. The monoisotopic (exact) mass is 379 g/mol. The fraction of sp³-hybridized carbons (Fsp3) is 0.632. The predicted molar refractivity (Wildman–Crippen MR) is 102 cm³/mol. The first-order chi connectivity index (χ1) is 12.5. The summed E-state index contributed by atoms with van der Waals surface area (Å²) in [5.74, 6) is 0.430. The SMILES string of the molecule is CNCC1CCN(C(=O)C2CCCN(S(=O)(=O)Cc3ccccc3)C2)C1. The van der Waals surface area contributed by atoms with Crippen molar-refractivity contribution in [1.82, 2.24) is 14.5 Å². The van der Waals surface area contributed by atoms with Gasteiger partial charge in [-0.15, -0.1) is 0 Å². The fourth-order valence-corrected chi connectivity index (χ4v) is 5.63. The Hall–Kier alpha value is -1.44. The second-order valence-electron chi connectivity index (χ2n) is 7.44. The molecular weight excluding hydrogens is 350 g/mol. The second kappa shape index (κ2) is 8.50. The number of amides is 1. The van der Waals surface area contributed by atoms with Crippen LogP contribution in [-0.4, -0.2) is 63.3 Å². The first kappa shape index (κ1) is 19.3. The molecule has 2 heterocycles. The molecule has 2 fully saturated rings. The topological polar surface area (TPSA) is 69.7 Å². The van der Waals surface area contributed by atoms with E-state index in [1.54, 1.807) is 0 Å². The van der Waals surface area contributed by atoms with Gasteiger partial charge in [-0.2, -0.15) is 0 Å². The van der Waals surface area contributed by atoms with Gasteiger partial charge >= 0.3 is 0 Å². The van der Waals surface area contributed by atoms with Crippen LogP contribution in [0.4, 0.5) is 0 Å². The Morgan fingerprint density at radius 1 is 1.15 bits per heavy atom. The molecule has 26 heavy (non-hydrogen) atoms. The molecule has 0 aliphatic carbocycles. The average molecular weight is 380 g/mol. The van der Waals surface area contributed by atoms with Gasteiger partial charge in [0.2, 0.25) is 15.9 Å². The van der Waals surface area contributed by atoms with Crippen LogP contribution < -0.4 is 5.32 Å². The minimum Gasteiger partial charge on any atom is -0.342 e. The van der Waals surface area contributed by atoms with E-state index < -0.39 is 10.0 Å². The Labute approximate surface area is 156 Å². The van der Waals surface area contributed by atoms with Crippen LogP contribution in [0.2, 0.25) is 0 Å². The summed E-state index contributed by atoms with van der Waals surface area (Å²) in [7, 11) is -1.46. The molecule has 0 spiro atoms. The molecule has 0 aromatic heterocycles. The lowest BCUT2D eigenvalue weighted by atomic mass is 9.98. The van der Waals surface area contributed by atoms with Crippen LogP contribution in [0.5, 0.6) is 0 Å². The summed E-state index contributed by atoms with van der Waals surface area (Å²) >= 11 is 0. The van der Waals surface area contributed by atoms with Gasteiger partial charge in [0, 0.05) is 26.2 Å². The first-order valence-corrected chi connectivity index (χ1v) is 11.1. The molecule has 1 aromatic carbocycles. The summed E-state index contributed by atoms with van der Waals surface area (Å²) in [6.07, 6.45) is 2.55. The Morgan fingerprint density at radius 3 is 2.65 bits per heavy atom. The Kier molecular flexibility index (Phi) is 6.32. The van der Waals surface area contributed by atoms with Gasteiger partial charge < -0.3 is 10.2 Å². The zero-order valence-corrected chi connectivity index (χ0v) is 16.2. The molecule has 2 atom stereocenters. The molecule has 2 aliphatic rings. The van der Waals surface area contributed by atoms with E-state index in [4.69, 9.17) is 0 Å². The van der Waals surface area contributed by atoms with Crippen molar-refractivity contribution in [3.63, 3.8) is 0 Å². The maximum absolute atomic E-state index is 12.9. The normalized spacial score (nSPS) is 24.7. The zero-order chi connectivity index (χ0) is 18.6. The third-order valence-electron chi connectivity index (χ3n) is 5.41. The number of nitrogens with one attached hydrogen (secondary N) is 1. The van der Waals surface area contributed by atoms with Gasteiger partial charge in [0.1, 0.15) is 0 Å². The molecule has 3 rings (SSSR count). The maximum Gasteiger partial charge on any atom is 0.227 e. The molecule has 0 radical (unpaired) electrons. The Balaban J connectivity index is 1.61. The summed E-state index contributed by atoms with van der Waals surface area (Å²) in [6.45, 7) is 3.33. The number of carbonyl (C=O) groups excluding carboxylic acids is 1. The molecule has 1 amide bonds. The minimum absolute atomic E-state index is 0.00269. The average Bonchev–Trinajstić information content (AvgIpc) is 3.11. The van der Waals surface area contributed by atoms with Gasteiger partial charge in [-0.1, -0.05) is 30.3 Å². The van der Waals surface area contributed by atoms with Gasteiger partial charge in [-0.05, 0) is 44.3 Å². The quantitative estimate of drug-likeness (QED) is 0.809. The van der Waals surface area contributed by atoms with E-state index in [9.17, 15) is 13.2 Å². The van der Waals surface area contributed by atoms with Crippen LogP contribution >= 0.6 is 0 Å². The number of hydrogen-bond donors (Lipinski definition) is 1. The lowest BCUT2D eigenvalue weighted by molar-refractivity contribution is -0.135. The van der Waals surface area contributed by atoms with Crippen LogP contribution in [-0.2, 0) is 20.6 Å². The summed E-state index contributed by atoms with van der Waals surface area (Å²) in [6, 6.07) is 9.24. The largest absolute Gasteiger partial charge is 0.342 e. The van der Waals surface area contributed by atoms with Crippen molar-refractivity contribution < 1.29 is 13.2 Å². The molecule has 2 aliphatic heterocycles. The fourth-order valence-electron chi connectivity index (χ4n) is 4.02. The second-order valence-corrected chi connectivity index (χ2v) is 9.40.